The molecular formula is C15H25NO3. The van der Waals surface area contributed by atoms with Gasteiger partial charge in [0, 0.05) is 12.5 Å². The van der Waals surface area contributed by atoms with E-state index in [9.17, 15) is 9.59 Å². The molecule has 4 nitrogen and oxygen atoms in total. The van der Waals surface area contributed by atoms with Gasteiger partial charge in [-0.15, -0.1) is 0 Å². The van der Waals surface area contributed by atoms with Gasteiger partial charge in [0.05, 0.1) is 0 Å². The lowest BCUT2D eigenvalue weighted by Gasteiger charge is -2.33. The van der Waals surface area contributed by atoms with Crippen LogP contribution in [0.5, 0.6) is 0 Å². The summed E-state index contributed by atoms with van der Waals surface area (Å²) in [5.41, 5.74) is -0.545. The molecule has 1 saturated carbocycles. The van der Waals surface area contributed by atoms with E-state index in [1.54, 1.807) is 0 Å². The SMILES string of the molecule is CC(C)(C)OC(=O)N1C(=O)CC[C@@H]1C1CCCCC1. The molecule has 4 heteroatoms. The second kappa shape index (κ2) is 5.51. The minimum atomic E-state index is -0.545. The summed E-state index contributed by atoms with van der Waals surface area (Å²) in [5.74, 6) is 0.414. The summed E-state index contributed by atoms with van der Waals surface area (Å²) >= 11 is 0. The topological polar surface area (TPSA) is 46.6 Å². The van der Waals surface area contributed by atoms with Gasteiger partial charge in [0.2, 0.25) is 5.91 Å². The lowest BCUT2D eigenvalue weighted by atomic mass is 9.83. The quantitative estimate of drug-likeness (QED) is 0.730. The van der Waals surface area contributed by atoms with Crippen molar-refractivity contribution in [1.82, 2.24) is 4.90 Å². The third kappa shape index (κ3) is 3.48. The van der Waals surface area contributed by atoms with Crippen LogP contribution in [0.25, 0.3) is 0 Å². The molecule has 1 saturated heterocycles. The fourth-order valence-electron chi connectivity index (χ4n) is 3.22. The maximum atomic E-state index is 12.2. The minimum Gasteiger partial charge on any atom is -0.443 e. The molecular weight excluding hydrogens is 242 g/mol. The van der Waals surface area contributed by atoms with Gasteiger partial charge in [0.1, 0.15) is 5.60 Å². The van der Waals surface area contributed by atoms with Crippen molar-refractivity contribution in [1.29, 1.82) is 0 Å². The molecule has 1 atom stereocenters. The largest absolute Gasteiger partial charge is 0.443 e. The molecule has 2 rings (SSSR count). The molecule has 0 aromatic heterocycles. The first kappa shape index (κ1) is 14.4. The van der Waals surface area contributed by atoms with Gasteiger partial charge in [-0.05, 0) is 46.0 Å². The van der Waals surface area contributed by atoms with Gasteiger partial charge >= 0.3 is 6.09 Å². The zero-order valence-corrected chi connectivity index (χ0v) is 12.3. The summed E-state index contributed by atoms with van der Waals surface area (Å²) in [6, 6.07) is 0.0719. The fourth-order valence-corrected chi connectivity index (χ4v) is 3.22. The van der Waals surface area contributed by atoms with Gasteiger partial charge in [-0.25, -0.2) is 9.69 Å². The summed E-state index contributed by atoms with van der Waals surface area (Å²) in [4.78, 5) is 25.6. The molecule has 0 radical (unpaired) electrons. The molecule has 2 amide bonds. The molecule has 0 spiro atoms. The highest BCUT2D eigenvalue weighted by Crippen LogP contribution is 2.35. The van der Waals surface area contributed by atoms with E-state index in [-0.39, 0.29) is 11.9 Å². The molecule has 0 bridgehead atoms. The average Bonchev–Trinajstić information content (AvgIpc) is 2.70. The Morgan fingerprint density at radius 1 is 1.16 bits per heavy atom. The maximum Gasteiger partial charge on any atom is 0.417 e. The first-order valence-corrected chi connectivity index (χ1v) is 7.43. The van der Waals surface area contributed by atoms with Crippen molar-refractivity contribution < 1.29 is 14.3 Å². The van der Waals surface area contributed by atoms with Crippen LogP contribution in [0.3, 0.4) is 0 Å². The van der Waals surface area contributed by atoms with Crippen molar-refractivity contribution in [3.05, 3.63) is 0 Å². The predicted octanol–water partition coefficient (Wildman–Crippen LogP) is 3.49. The first-order valence-electron chi connectivity index (χ1n) is 7.43. The Morgan fingerprint density at radius 2 is 1.79 bits per heavy atom. The molecule has 1 heterocycles. The molecule has 2 aliphatic rings. The third-order valence-electron chi connectivity index (χ3n) is 4.04. The highest BCUT2D eigenvalue weighted by atomic mass is 16.6. The second-order valence-electron chi connectivity index (χ2n) is 6.75. The van der Waals surface area contributed by atoms with E-state index in [0.29, 0.717) is 12.3 Å². The fraction of sp³-hybridized carbons (Fsp3) is 0.867. The van der Waals surface area contributed by atoms with E-state index >= 15 is 0 Å². The van der Waals surface area contributed by atoms with E-state index < -0.39 is 11.7 Å². The minimum absolute atomic E-state index is 0.0650. The summed E-state index contributed by atoms with van der Waals surface area (Å²) in [6.45, 7) is 5.50. The Bertz CT molecular complexity index is 353. The van der Waals surface area contributed by atoms with E-state index in [0.717, 1.165) is 19.3 Å². The molecule has 108 valence electrons. The summed E-state index contributed by atoms with van der Waals surface area (Å²) in [6.07, 6.45) is 6.83. The predicted molar refractivity (Wildman–Crippen MR) is 72.7 cm³/mol. The number of ether oxygens (including phenoxy) is 1. The van der Waals surface area contributed by atoms with Gasteiger partial charge in [-0.1, -0.05) is 19.3 Å². The van der Waals surface area contributed by atoms with Crippen molar-refractivity contribution in [2.75, 3.05) is 0 Å². The number of nitrogens with zero attached hydrogens (tertiary/aromatic N) is 1. The van der Waals surface area contributed by atoms with Crippen molar-refractivity contribution >= 4 is 12.0 Å². The van der Waals surface area contributed by atoms with Gasteiger partial charge in [-0.2, -0.15) is 0 Å². The highest BCUT2D eigenvalue weighted by molar-refractivity contribution is 5.94. The van der Waals surface area contributed by atoms with E-state index in [1.807, 2.05) is 20.8 Å². The van der Waals surface area contributed by atoms with Crippen molar-refractivity contribution in [3.8, 4) is 0 Å². The molecule has 0 N–H and O–H groups in total. The normalized spacial score (nSPS) is 25.7. The highest BCUT2D eigenvalue weighted by Gasteiger charge is 2.42. The molecule has 1 aliphatic carbocycles. The molecule has 1 aliphatic heterocycles. The van der Waals surface area contributed by atoms with E-state index in [1.165, 1.54) is 24.2 Å². The number of amides is 2. The summed E-state index contributed by atoms with van der Waals surface area (Å²) in [5, 5.41) is 0. The molecule has 0 aromatic carbocycles. The van der Waals surface area contributed by atoms with Crippen LogP contribution < -0.4 is 0 Å². The number of hydrogen-bond acceptors (Lipinski definition) is 3. The van der Waals surface area contributed by atoms with Gasteiger partial charge in [-0.3, -0.25) is 4.79 Å². The average molecular weight is 267 g/mol. The second-order valence-corrected chi connectivity index (χ2v) is 6.75. The zero-order chi connectivity index (χ0) is 14.0. The van der Waals surface area contributed by atoms with Crippen LogP contribution in [0.15, 0.2) is 0 Å². The number of carbonyl (C=O) groups is 2. The summed E-state index contributed by atoms with van der Waals surface area (Å²) < 4.78 is 5.38. The van der Waals surface area contributed by atoms with Crippen LogP contribution in [0.2, 0.25) is 0 Å². The Morgan fingerprint density at radius 3 is 2.37 bits per heavy atom. The number of hydrogen-bond donors (Lipinski definition) is 0. The number of imide groups is 1. The van der Waals surface area contributed by atoms with Crippen LogP contribution in [0.1, 0.15) is 65.7 Å². The lowest BCUT2D eigenvalue weighted by Crippen LogP contribution is -2.45. The van der Waals surface area contributed by atoms with Crippen molar-refractivity contribution in [3.63, 3.8) is 0 Å². The molecule has 2 fully saturated rings. The zero-order valence-electron chi connectivity index (χ0n) is 12.3. The van der Waals surface area contributed by atoms with E-state index in [2.05, 4.69) is 0 Å². The Labute approximate surface area is 115 Å². The molecule has 19 heavy (non-hydrogen) atoms. The third-order valence-corrected chi connectivity index (χ3v) is 4.04. The van der Waals surface area contributed by atoms with Crippen LogP contribution in [-0.2, 0) is 9.53 Å². The van der Waals surface area contributed by atoms with Crippen LogP contribution in [0, 0.1) is 5.92 Å². The summed E-state index contributed by atoms with van der Waals surface area (Å²) in [7, 11) is 0. The first-order chi connectivity index (χ1) is 8.88. The standard InChI is InChI=1S/C15H25NO3/c1-15(2,3)19-14(18)16-12(9-10-13(16)17)11-7-5-4-6-8-11/h11-12H,4-10H2,1-3H3/t12-/m1/s1. The van der Waals surface area contributed by atoms with Gasteiger partial charge in [0.15, 0.2) is 0 Å². The van der Waals surface area contributed by atoms with E-state index in [4.69, 9.17) is 4.74 Å². The Kier molecular flexibility index (Phi) is 4.16. The van der Waals surface area contributed by atoms with Crippen molar-refractivity contribution in [2.24, 2.45) is 5.92 Å². The van der Waals surface area contributed by atoms with Crippen LogP contribution in [-0.4, -0.2) is 28.5 Å². The molecule has 0 unspecified atom stereocenters. The number of carbonyl (C=O) groups excluding carboxylic acids is 2. The Balaban J connectivity index is 2.06. The van der Waals surface area contributed by atoms with Gasteiger partial charge < -0.3 is 4.74 Å². The van der Waals surface area contributed by atoms with Crippen molar-refractivity contribution in [2.45, 2.75) is 77.4 Å². The lowest BCUT2D eigenvalue weighted by molar-refractivity contribution is -0.128. The number of rotatable bonds is 1. The smallest absolute Gasteiger partial charge is 0.417 e. The maximum absolute atomic E-state index is 12.2. The van der Waals surface area contributed by atoms with Gasteiger partial charge in [0.25, 0.3) is 0 Å². The van der Waals surface area contributed by atoms with Crippen LogP contribution in [0.4, 0.5) is 4.79 Å². The number of likely N-dealkylation sites (tertiary alicyclic amines) is 1. The monoisotopic (exact) mass is 267 g/mol. The van der Waals surface area contributed by atoms with Crippen LogP contribution >= 0.6 is 0 Å². The Hall–Kier alpha value is -1.06. The molecule has 0 aromatic rings.